The molecule has 0 radical (unpaired) electrons. The molecule has 222 valence electrons. The number of thioether (sulfide) groups is 1. The third-order valence-electron chi connectivity index (χ3n) is 6.01. The Bertz CT molecular complexity index is 1400. The number of alkyl halides is 3. The number of carbonyl (C=O) groups is 1. The molecule has 0 saturated carbocycles. The van der Waals surface area contributed by atoms with Crippen LogP contribution in [0.15, 0.2) is 41.4 Å². The molecule has 1 aliphatic heterocycles. The Morgan fingerprint density at radius 2 is 1.85 bits per heavy atom. The number of hydrogen-bond donors (Lipinski definition) is 2. The summed E-state index contributed by atoms with van der Waals surface area (Å²) in [7, 11) is 2.93. The summed E-state index contributed by atoms with van der Waals surface area (Å²) in [5.41, 5.74) is -2.11. The van der Waals surface area contributed by atoms with Crippen LogP contribution in [0.25, 0.3) is 11.3 Å². The molecule has 17 heteroatoms. The number of aliphatic hydroxyl groups is 2. The zero-order valence-electron chi connectivity index (χ0n) is 21.0. The topological polar surface area (TPSA) is 110 Å². The summed E-state index contributed by atoms with van der Waals surface area (Å²) in [6.07, 6.45) is -9.70. The molecule has 1 amide bonds. The fraction of sp³-hybridized carbons (Fsp3) is 0.375. The Morgan fingerprint density at radius 1 is 1.20 bits per heavy atom. The molecule has 9 nitrogen and oxygen atoms in total. The minimum absolute atomic E-state index is 0.0744. The predicted molar refractivity (Wildman–Crippen MR) is 132 cm³/mol. The average molecular weight is 627 g/mol. The van der Waals surface area contributed by atoms with Crippen LogP contribution in [0, 0.1) is 17.5 Å². The standard InChI is InChI=1S/C24H21ClF6N4O5S/c1-34(2)22(38)12-4-3-11(25)7-17(12)41-23-21(40-24(29,30)31)19(20(37)16(9-36)39-23)35-8-15(32-33-35)10-5-13(26)18(28)14(27)6-10/h3-8,16,19-21,23,36-37H,9H2,1-2H3. The number of halogens is 7. The summed E-state index contributed by atoms with van der Waals surface area (Å²) in [4.78, 5) is 14.1. The number of aliphatic hydroxyl groups excluding tert-OH is 2. The van der Waals surface area contributed by atoms with Gasteiger partial charge in [0.05, 0.1) is 18.4 Å². The molecule has 0 spiro atoms. The van der Waals surface area contributed by atoms with Crippen molar-refractivity contribution in [2.75, 3.05) is 20.7 Å². The van der Waals surface area contributed by atoms with Gasteiger partial charge in [0.2, 0.25) is 0 Å². The van der Waals surface area contributed by atoms with E-state index in [-0.39, 0.29) is 26.7 Å². The maximum atomic E-state index is 13.8. The van der Waals surface area contributed by atoms with Crippen molar-refractivity contribution in [2.45, 2.75) is 41.0 Å². The third-order valence-corrected chi connectivity index (χ3v) is 7.45. The molecule has 3 aromatic rings. The number of nitrogens with zero attached hydrogens (tertiary/aromatic N) is 4. The van der Waals surface area contributed by atoms with Gasteiger partial charge in [0.1, 0.15) is 35.5 Å². The first kappa shape index (κ1) is 31.1. The highest BCUT2D eigenvalue weighted by Gasteiger charge is 2.52. The van der Waals surface area contributed by atoms with Crippen LogP contribution in [0.3, 0.4) is 0 Å². The first-order chi connectivity index (χ1) is 19.2. The zero-order valence-corrected chi connectivity index (χ0v) is 22.6. The van der Waals surface area contributed by atoms with E-state index in [4.69, 9.17) is 16.3 Å². The van der Waals surface area contributed by atoms with E-state index in [1.54, 1.807) is 0 Å². The number of benzene rings is 2. The Balaban J connectivity index is 1.78. The van der Waals surface area contributed by atoms with Crippen molar-refractivity contribution < 1.29 is 50.8 Å². The molecule has 1 fully saturated rings. The van der Waals surface area contributed by atoms with Crippen LogP contribution in [0.1, 0.15) is 16.4 Å². The number of carbonyl (C=O) groups excluding carboxylic acids is 1. The SMILES string of the molecule is CN(C)C(=O)c1ccc(Cl)cc1SC1OC(CO)C(O)C(n2cc(-c3cc(F)c(F)c(F)c3)nn2)C1OC(F)(F)F. The molecule has 5 atom stereocenters. The van der Waals surface area contributed by atoms with Gasteiger partial charge in [0, 0.05) is 29.6 Å². The Kier molecular flexibility index (Phi) is 9.20. The molecule has 1 aliphatic rings. The lowest BCUT2D eigenvalue weighted by atomic mass is 9.97. The molecule has 4 rings (SSSR count). The van der Waals surface area contributed by atoms with E-state index < -0.39 is 66.1 Å². The highest BCUT2D eigenvalue weighted by Crippen LogP contribution is 2.43. The van der Waals surface area contributed by atoms with Gasteiger partial charge in [-0.05, 0) is 30.3 Å². The maximum Gasteiger partial charge on any atom is 0.522 e. The number of aromatic nitrogens is 3. The summed E-state index contributed by atoms with van der Waals surface area (Å²) < 4.78 is 92.7. The van der Waals surface area contributed by atoms with E-state index in [1.165, 1.54) is 37.2 Å². The molecule has 2 N–H and O–H groups in total. The molecule has 2 heterocycles. The van der Waals surface area contributed by atoms with Crippen molar-refractivity contribution >= 4 is 29.3 Å². The molecule has 41 heavy (non-hydrogen) atoms. The second-order valence-electron chi connectivity index (χ2n) is 9.03. The number of rotatable bonds is 7. The van der Waals surface area contributed by atoms with E-state index in [9.17, 15) is 41.4 Å². The van der Waals surface area contributed by atoms with Gasteiger partial charge in [0.25, 0.3) is 5.91 Å². The molecule has 5 unspecified atom stereocenters. The normalized spacial score (nSPS) is 23.0. The van der Waals surface area contributed by atoms with E-state index in [0.29, 0.717) is 23.9 Å². The fourth-order valence-electron chi connectivity index (χ4n) is 4.13. The van der Waals surface area contributed by atoms with Crippen LogP contribution in [-0.4, -0.2) is 86.8 Å². The van der Waals surface area contributed by atoms with Crippen LogP contribution in [0.2, 0.25) is 5.02 Å². The van der Waals surface area contributed by atoms with E-state index in [0.717, 1.165) is 10.9 Å². The van der Waals surface area contributed by atoms with Crippen molar-refractivity contribution in [2.24, 2.45) is 0 Å². The highest BCUT2D eigenvalue weighted by atomic mass is 35.5. The summed E-state index contributed by atoms with van der Waals surface area (Å²) in [5, 5.41) is 28.3. The van der Waals surface area contributed by atoms with E-state index in [1.807, 2.05) is 0 Å². The Hall–Kier alpha value is -2.89. The van der Waals surface area contributed by atoms with Crippen LogP contribution >= 0.6 is 23.4 Å². The smallest absolute Gasteiger partial charge is 0.394 e. The third kappa shape index (κ3) is 6.79. The van der Waals surface area contributed by atoms with Gasteiger partial charge in [-0.2, -0.15) is 0 Å². The van der Waals surface area contributed by atoms with Crippen molar-refractivity contribution in [1.82, 2.24) is 19.9 Å². The van der Waals surface area contributed by atoms with Gasteiger partial charge in [-0.1, -0.05) is 28.6 Å². The quantitative estimate of drug-likeness (QED) is 0.299. The largest absolute Gasteiger partial charge is 0.522 e. The first-order valence-corrected chi connectivity index (χ1v) is 12.9. The number of ether oxygens (including phenoxy) is 2. The monoisotopic (exact) mass is 626 g/mol. The lowest BCUT2D eigenvalue weighted by molar-refractivity contribution is -0.366. The number of amides is 1. The molecule has 1 aromatic heterocycles. The minimum Gasteiger partial charge on any atom is -0.394 e. The van der Waals surface area contributed by atoms with Gasteiger partial charge in [0.15, 0.2) is 17.5 Å². The van der Waals surface area contributed by atoms with Crippen LogP contribution in [-0.2, 0) is 9.47 Å². The molecular weight excluding hydrogens is 606 g/mol. The number of hydrogen-bond acceptors (Lipinski definition) is 8. The molecule has 2 aromatic carbocycles. The predicted octanol–water partition coefficient (Wildman–Crippen LogP) is 4.03. The van der Waals surface area contributed by atoms with Crippen molar-refractivity contribution in [3.05, 3.63) is 64.6 Å². The van der Waals surface area contributed by atoms with Crippen molar-refractivity contribution in [3.63, 3.8) is 0 Å². The minimum atomic E-state index is -5.26. The van der Waals surface area contributed by atoms with Gasteiger partial charge >= 0.3 is 6.36 Å². The second-order valence-corrected chi connectivity index (χ2v) is 10.6. The lowest BCUT2D eigenvalue weighted by Gasteiger charge is -2.43. The average Bonchev–Trinajstić information content (AvgIpc) is 3.37. The summed E-state index contributed by atoms with van der Waals surface area (Å²) in [6, 6.07) is 3.59. The van der Waals surface area contributed by atoms with Gasteiger partial charge < -0.3 is 19.8 Å². The summed E-state index contributed by atoms with van der Waals surface area (Å²) in [6.45, 7) is -0.845. The van der Waals surface area contributed by atoms with Gasteiger partial charge in [-0.25, -0.2) is 17.9 Å². The van der Waals surface area contributed by atoms with Crippen molar-refractivity contribution in [1.29, 1.82) is 0 Å². The Morgan fingerprint density at radius 3 is 2.44 bits per heavy atom. The Labute approximate surface area is 237 Å². The fourth-order valence-corrected chi connectivity index (χ4v) is 5.65. The van der Waals surface area contributed by atoms with Crippen LogP contribution in [0.5, 0.6) is 0 Å². The summed E-state index contributed by atoms with van der Waals surface area (Å²) >= 11 is 6.71. The van der Waals surface area contributed by atoms with Crippen molar-refractivity contribution in [3.8, 4) is 11.3 Å². The maximum absolute atomic E-state index is 13.8. The van der Waals surface area contributed by atoms with Crippen LogP contribution < -0.4 is 0 Å². The summed E-state index contributed by atoms with van der Waals surface area (Å²) in [5.74, 6) is -5.32. The van der Waals surface area contributed by atoms with Crippen LogP contribution in [0.4, 0.5) is 26.3 Å². The molecule has 1 saturated heterocycles. The van der Waals surface area contributed by atoms with E-state index in [2.05, 4.69) is 15.0 Å². The molecule has 0 aliphatic carbocycles. The lowest BCUT2D eigenvalue weighted by Crippen LogP contribution is -2.57. The first-order valence-electron chi connectivity index (χ1n) is 11.6. The van der Waals surface area contributed by atoms with Gasteiger partial charge in [-0.15, -0.1) is 18.3 Å². The van der Waals surface area contributed by atoms with Gasteiger partial charge in [-0.3, -0.25) is 9.53 Å². The molecule has 0 bridgehead atoms. The van der Waals surface area contributed by atoms with E-state index >= 15 is 0 Å². The molecular formula is C24H21ClF6N4O5S. The highest BCUT2D eigenvalue weighted by molar-refractivity contribution is 8.00. The zero-order chi connectivity index (χ0) is 30.2. The second kappa shape index (κ2) is 12.1.